The van der Waals surface area contributed by atoms with Gasteiger partial charge in [-0.2, -0.15) is 0 Å². The molecule has 1 amide bonds. The number of nitrogens with two attached hydrogens (primary N) is 2. The molecule has 0 aliphatic rings. The van der Waals surface area contributed by atoms with Crippen LogP contribution in [0.3, 0.4) is 0 Å². The van der Waals surface area contributed by atoms with E-state index in [0.717, 1.165) is 5.75 Å². The zero-order valence-corrected chi connectivity index (χ0v) is 11.2. The van der Waals surface area contributed by atoms with Gasteiger partial charge in [-0.3, -0.25) is 4.79 Å². The van der Waals surface area contributed by atoms with Crippen molar-refractivity contribution in [1.82, 2.24) is 0 Å². The highest BCUT2D eigenvalue weighted by molar-refractivity contribution is 6.08. The van der Waals surface area contributed by atoms with Crippen LogP contribution in [0.25, 0.3) is 0 Å². The minimum Gasteiger partial charge on any atom is -0.494 e. The molecule has 0 radical (unpaired) electrons. The van der Waals surface area contributed by atoms with Gasteiger partial charge in [0.15, 0.2) is 0 Å². The molecule has 0 spiro atoms. The number of amides is 1. The molecule has 0 aliphatic heterocycles. The maximum atomic E-state index is 12.1. The van der Waals surface area contributed by atoms with Gasteiger partial charge < -0.3 is 21.5 Å². The number of nitrogens with one attached hydrogen (secondary N) is 1. The van der Waals surface area contributed by atoms with E-state index >= 15 is 0 Å². The Bertz CT molecular complexity index is 609. The molecule has 0 unspecified atom stereocenters. The molecule has 104 valence electrons. The normalized spacial score (nSPS) is 10.1. The van der Waals surface area contributed by atoms with Crippen LogP contribution < -0.4 is 21.5 Å². The summed E-state index contributed by atoms with van der Waals surface area (Å²) in [5.74, 6) is 0.490. The predicted molar refractivity (Wildman–Crippen MR) is 80.8 cm³/mol. The van der Waals surface area contributed by atoms with Gasteiger partial charge in [0.2, 0.25) is 0 Å². The fourth-order valence-electron chi connectivity index (χ4n) is 1.79. The Morgan fingerprint density at radius 2 is 1.85 bits per heavy atom. The molecule has 5 N–H and O–H groups in total. The summed E-state index contributed by atoms with van der Waals surface area (Å²) in [6.07, 6.45) is 0. The largest absolute Gasteiger partial charge is 0.494 e. The molecule has 0 fully saturated rings. The first kappa shape index (κ1) is 13.7. The van der Waals surface area contributed by atoms with Gasteiger partial charge in [-0.05, 0) is 49.4 Å². The topological polar surface area (TPSA) is 90.4 Å². The van der Waals surface area contributed by atoms with Crippen molar-refractivity contribution in [3.05, 3.63) is 48.0 Å². The molecule has 0 atom stereocenters. The van der Waals surface area contributed by atoms with Crippen LogP contribution in [0.4, 0.5) is 17.1 Å². The second-order valence-corrected chi connectivity index (χ2v) is 4.26. The van der Waals surface area contributed by atoms with Crippen LogP contribution in [0.5, 0.6) is 5.75 Å². The smallest absolute Gasteiger partial charge is 0.257 e. The molecule has 0 bridgehead atoms. The fourth-order valence-corrected chi connectivity index (χ4v) is 1.79. The summed E-state index contributed by atoms with van der Waals surface area (Å²) < 4.78 is 5.34. The number of nitrogen functional groups attached to an aromatic ring is 2. The molecule has 0 saturated heterocycles. The van der Waals surface area contributed by atoms with Gasteiger partial charge >= 0.3 is 0 Å². The van der Waals surface area contributed by atoms with Crippen molar-refractivity contribution in [2.75, 3.05) is 23.4 Å². The van der Waals surface area contributed by atoms with Gasteiger partial charge in [0.1, 0.15) is 5.75 Å². The van der Waals surface area contributed by atoms with Crippen molar-refractivity contribution in [3.8, 4) is 5.75 Å². The van der Waals surface area contributed by atoms with Crippen LogP contribution in [0.15, 0.2) is 42.5 Å². The molecule has 2 aromatic rings. The van der Waals surface area contributed by atoms with E-state index in [9.17, 15) is 4.79 Å². The minimum atomic E-state index is -0.272. The standard InChI is InChI=1S/C15H17N3O2/c1-2-20-12-6-4-11(5-7-12)18-15(19)13-8-3-10(16)9-14(13)17/h3-9H,2,16-17H2,1H3,(H,18,19). The third-order valence-electron chi connectivity index (χ3n) is 2.74. The number of hydrogen-bond donors (Lipinski definition) is 3. The fraction of sp³-hybridized carbons (Fsp3) is 0.133. The second kappa shape index (κ2) is 5.97. The first-order valence-corrected chi connectivity index (χ1v) is 6.29. The highest BCUT2D eigenvalue weighted by atomic mass is 16.5. The Morgan fingerprint density at radius 3 is 2.45 bits per heavy atom. The third-order valence-corrected chi connectivity index (χ3v) is 2.74. The van der Waals surface area contributed by atoms with Crippen LogP contribution in [0, 0.1) is 0 Å². The lowest BCUT2D eigenvalue weighted by Gasteiger charge is -2.09. The molecule has 0 saturated carbocycles. The number of carbonyl (C=O) groups excluding carboxylic acids is 1. The van der Waals surface area contributed by atoms with E-state index in [-0.39, 0.29) is 5.91 Å². The van der Waals surface area contributed by atoms with Crippen LogP contribution in [-0.2, 0) is 0 Å². The van der Waals surface area contributed by atoms with Crippen molar-refractivity contribution >= 4 is 23.0 Å². The Kier molecular flexibility index (Phi) is 4.10. The summed E-state index contributed by atoms with van der Waals surface area (Å²) in [4.78, 5) is 12.1. The van der Waals surface area contributed by atoms with Gasteiger partial charge in [-0.25, -0.2) is 0 Å². The van der Waals surface area contributed by atoms with E-state index in [1.165, 1.54) is 0 Å². The highest BCUT2D eigenvalue weighted by Gasteiger charge is 2.10. The van der Waals surface area contributed by atoms with Gasteiger partial charge in [0, 0.05) is 17.1 Å². The lowest BCUT2D eigenvalue weighted by molar-refractivity contribution is 0.102. The predicted octanol–water partition coefficient (Wildman–Crippen LogP) is 2.50. The minimum absolute atomic E-state index is 0.272. The van der Waals surface area contributed by atoms with E-state index in [1.807, 2.05) is 6.92 Å². The maximum Gasteiger partial charge on any atom is 0.257 e. The molecule has 0 aliphatic carbocycles. The first-order chi connectivity index (χ1) is 9.60. The molecule has 2 rings (SSSR count). The van der Waals surface area contributed by atoms with Crippen LogP contribution in [-0.4, -0.2) is 12.5 Å². The summed E-state index contributed by atoms with van der Waals surface area (Å²) in [5, 5.41) is 2.77. The van der Waals surface area contributed by atoms with Crippen molar-refractivity contribution in [3.63, 3.8) is 0 Å². The molecule has 0 heterocycles. The zero-order chi connectivity index (χ0) is 14.5. The summed E-state index contributed by atoms with van der Waals surface area (Å²) in [6.45, 7) is 2.52. The molecule has 0 aromatic heterocycles. The van der Waals surface area contributed by atoms with Crippen LogP contribution >= 0.6 is 0 Å². The molecule has 2 aromatic carbocycles. The molecule has 5 heteroatoms. The zero-order valence-electron chi connectivity index (χ0n) is 11.2. The van der Waals surface area contributed by atoms with E-state index in [2.05, 4.69) is 5.32 Å². The summed E-state index contributed by atoms with van der Waals surface area (Å²) in [7, 11) is 0. The Labute approximate surface area is 117 Å². The number of hydrogen-bond acceptors (Lipinski definition) is 4. The lowest BCUT2D eigenvalue weighted by Crippen LogP contribution is -2.14. The Morgan fingerprint density at radius 1 is 1.15 bits per heavy atom. The number of anilines is 3. The first-order valence-electron chi connectivity index (χ1n) is 6.29. The number of carbonyl (C=O) groups is 1. The Balaban J connectivity index is 2.11. The summed E-state index contributed by atoms with van der Waals surface area (Å²) in [6, 6.07) is 12.0. The average Bonchev–Trinajstić information content (AvgIpc) is 2.41. The van der Waals surface area contributed by atoms with Crippen LogP contribution in [0.2, 0.25) is 0 Å². The van der Waals surface area contributed by atoms with Crippen LogP contribution in [0.1, 0.15) is 17.3 Å². The van der Waals surface area contributed by atoms with Crippen molar-refractivity contribution in [2.24, 2.45) is 0 Å². The van der Waals surface area contributed by atoms with Crippen molar-refractivity contribution in [2.45, 2.75) is 6.92 Å². The quantitative estimate of drug-likeness (QED) is 0.745. The number of benzene rings is 2. The Hall–Kier alpha value is -2.69. The number of ether oxygens (including phenoxy) is 1. The van der Waals surface area contributed by atoms with Gasteiger partial charge in [-0.1, -0.05) is 0 Å². The molecule has 20 heavy (non-hydrogen) atoms. The summed E-state index contributed by atoms with van der Waals surface area (Å²) in [5.41, 5.74) is 13.3. The van der Waals surface area contributed by atoms with Gasteiger partial charge in [0.05, 0.1) is 12.2 Å². The lowest BCUT2D eigenvalue weighted by atomic mass is 10.1. The van der Waals surface area contributed by atoms with E-state index in [4.69, 9.17) is 16.2 Å². The maximum absolute atomic E-state index is 12.1. The van der Waals surface area contributed by atoms with Crippen molar-refractivity contribution < 1.29 is 9.53 Å². The van der Waals surface area contributed by atoms with E-state index in [1.54, 1.807) is 42.5 Å². The van der Waals surface area contributed by atoms with Gasteiger partial charge in [0.25, 0.3) is 5.91 Å². The van der Waals surface area contributed by atoms with E-state index in [0.29, 0.717) is 29.2 Å². The molecular formula is C15H17N3O2. The SMILES string of the molecule is CCOc1ccc(NC(=O)c2ccc(N)cc2N)cc1. The van der Waals surface area contributed by atoms with Gasteiger partial charge in [-0.15, -0.1) is 0 Å². The van der Waals surface area contributed by atoms with E-state index < -0.39 is 0 Å². The monoisotopic (exact) mass is 271 g/mol. The van der Waals surface area contributed by atoms with Crippen molar-refractivity contribution in [1.29, 1.82) is 0 Å². The highest BCUT2D eigenvalue weighted by Crippen LogP contribution is 2.19. The molecular weight excluding hydrogens is 254 g/mol. The number of rotatable bonds is 4. The average molecular weight is 271 g/mol. The second-order valence-electron chi connectivity index (χ2n) is 4.26. The third kappa shape index (κ3) is 3.20. The summed E-state index contributed by atoms with van der Waals surface area (Å²) >= 11 is 0. The molecule has 5 nitrogen and oxygen atoms in total.